The molecule has 1 aromatic carbocycles. The van der Waals surface area contributed by atoms with Crippen molar-refractivity contribution in [2.75, 3.05) is 19.7 Å². The van der Waals surface area contributed by atoms with Crippen LogP contribution < -0.4 is 5.32 Å². The van der Waals surface area contributed by atoms with Crippen LogP contribution in [-0.2, 0) is 16.1 Å². The van der Waals surface area contributed by atoms with Crippen LogP contribution in [0.15, 0.2) is 22.7 Å². The summed E-state index contributed by atoms with van der Waals surface area (Å²) in [5.74, 6) is -0.965. The second kappa shape index (κ2) is 10.7. The van der Waals surface area contributed by atoms with Crippen LogP contribution >= 0.6 is 0 Å². The number of hydrogen-bond donors (Lipinski definition) is 2. The number of likely N-dealkylation sites (tertiary alicyclic amines) is 1. The maximum atomic E-state index is 14.6. The van der Waals surface area contributed by atoms with Gasteiger partial charge in [0, 0.05) is 18.7 Å². The van der Waals surface area contributed by atoms with E-state index in [1.54, 1.807) is 18.7 Å². The van der Waals surface area contributed by atoms with E-state index < -0.39 is 22.9 Å². The summed E-state index contributed by atoms with van der Waals surface area (Å²) in [5.41, 5.74) is -1.22. The number of ether oxygens (including phenoxy) is 2. The van der Waals surface area contributed by atoms with E-state index in [1.807, 2.05) is 20.8 Å². The second-order valence-electron chi connectivity index (χ2n) is 10.2. The minimum Gasteiger partial charge on any atom is -0.444 e. The summed E-state index contributed by atoms with van der Waals surface area (Å²) in [7, 11) is 0. The molecule has 0 saturated carbocycles. The van der Waals surface area contributed by atoms with Crippen LogP contribution in [0, 0.1) is 5.82 Å². The van der Waals surface area contributed by atoms with Crippen molar-refractivity contribution >= 4 is 12.0 Å². The van der Waals surface area contributed by atoms with Gasteiger partial charge >= 0.3 is 6.09 Å². The maximum absolute atomic E-state index is 14.6. The quantitative estimate of drug-likeness (QED) is 0.603. The van der Waals surface area contributed by atoms with E-state index in [0.29, 0.717) is 31.5 Å². The number of aromatic nitrogens is 2. The second-order valence-corrected chi connectivity index (χ2v) is 10.2. The minimum absolute atomic E-state index is 0.0672. The Morgan fingerprint density at radius 1 is 1.23 bits per heavy atom. The molecule has 11 heteroatoms. The number of amides is 2. The zero-order chi connectivity index (χ0) is 25.8. The number of carbonyl (C=O) groups is 2. The number of piperidine rings is 1. The van der Waals surface area contributed by atoms with Gasteiger partial charge in [0.2, 0.25) is 5.82 Å². The number of aliphatic hydroxyl groups is 1. The molecule has 1 aromatic heterocycles. The van der Waals surface area contributed by atoms with Gasteiger partial charge in [0.15, 0.2) is 0 Å². The van der Waals surface area contributed by atoms with Crippen LogP contribution in [0.1, 0.15) is 63.7 Å². The zero-order valence-corrected chi connectivity index (χ0v) is 20.8. The number of rotatable bonds is 7. The first-order valence-corrected chi connectivity index (χ1v) is 11.5. The van der Waals surface area contributed by atoms with Gasteiger partial charge in [-0.15, -0.1) is 0 Å². The molecule has 0 unspecified atom stereocenters. The van der Waals surface area contributed by atoms with Gasteiger partial charge in [-0.1, -0.05) is 11.2 Å². The van der Waals surface area contributed by atoms with Crippen molar-refractivity contribution in [3.05, 3.63) is 35.5 Å². The molecule has 2 aromatic rings. The average Bonchev–Trinajstić information content (AvgIpc) is 3.25. The highest BCUT2D eigenvalue weighted by atomic mass is 19.1. The molecular formula is C24H33FN4O6. The fourth-order valence-corrected chi connectivity index (χ4v) is 3.40. The van der Waals surface area contributed by atoms with Gasteiger partial charge in [-0.2, -0.15) is 4.98 Å². The Labute approximate surface area is 203 Å². The van der Waals surface area contributed by atoms with E-state index in [1.165, 1.54) is 12.1 Å². The van der Waals surface area contributed by atoms with Crippen LogP contribution in [0.4, 0.5) is 9.18 Å². The lowest BCUT2D eigenvalue weighted by molar-refractivity contribution is -0.0231. The van der Waals surface area contributed by atoms with Crippen molar-refractivity contribution in [2.24, 2.45) is 0 Å². The molecular weight excluding hydrogens is 459 g/mol. The Morgan fingerprint density at radius 2 is 1.91 bits per heavy atom. The molecule has 10 nitrogen and oxygen atoms in total. The summed E-state index contributed by atoms with van der Waals surface area (Å²) >= 11 is 0. The summed E-state index contributed by atoms with van der Waals surface area (Å²) in [6.07, 6.45) is 0.914. The first-order valence-electron chi connectivity index (χ1n) is 11.5. The summed E-state index contributed by atoms with van der Waals surface area (Å²) in [6, 6.07) is 4.01. The van der Waals surface area contributed by atoms with Crippen molar-refractivity contribution in [3.8, 4) is 11.4 Å². The predicted octanol–water partition coefficient (Wildman–Crippen LogP) is 3.29. The molecule has 3 rings (SSSR count). The molecule has 0 radical (unpaired) electrons. The summed E-state index contributed by atoms with van der Waals surface area (Å²) in [5, 5.41) is 15.7. The molecule has 35 heavy (non-hydrogen) atoms. The molecule has 1 aliphatic heterocycles. The summed E-state index contributed by atoms with van der Waals surface area (Å²) in [6.45, 7) is 9.62. The number of aliphatic hydroxyl groups excluding tert-OH is 1. The van der Waals surface area contributed by atoms with Gasteiger partial charge in [-0.25, -0.2) is 9.18 Å². The summed E-state index contributed by atoms with van der Waals surface area (Å²) < 4.78 is 31.0. The standard InChI is InChI=1S/C24H33FN4O6/c1-23(2,3)34-22(32)29-10-8-16(9-11-29)33-13-19-26-20(28-35-19)15-6-7-17(18(25)12-15)21(31)27-24(4,5)14-30/h6-7,12,16,30H,8-11,13-14H2,1-5H3,(H,27,31). The lowest BCUT2D eigenvalue weighted by atomic mass is 10.0. The van der Waals surface area contributed by atoms with Crippen molar-refractivity contribution in [1.29, 1.82) is 0 Å². The minimum atomic E-state index is -0.878. The van der Waals surface area contributed by atoms with Gasteiger partial charge in [-0.3, -0.25) is 4.79 Å². The molecule has 1 saturated heterocycles. The lowest BCUT2D eigenvalue weighted by Gasteiger charge is -2.33. The number of benzene rings is 1. The van der Waals surface area contributed by atoms with Crippen LogP contribution in [0.2, 0.25) is 0 Å². The van der Waals surface area contributed by atoms with Crippen molar-refractivity contribution in [3.63, 3.8) is 0 Å². The van der Waals surface area contributed by atoms with Crippen molar-refractivity contribution < 1.29 is 33.1 Å². The fourth-order valence-electron chi connectivity index (χ4n) is 3.40. The first kappa shape index (κ1) is 26.6. The molecule has 2 N–H and O–H groups in total. The van der Waals surface area contributed by atoms with E-state index in [-0.39, 0.29) is 42.7 Å². The Hall–Kier alpha value is -3.05. The number of halogens is 1. The Morgan fingerprint density at radius 3 is 2.51 bits per heavy atom. The Bertz CT molecular complexity index is 1040. The number of hydrogen-bond acceptors (Lipinski definition) is 8. The zero-order valence-electron chi connectivity index (χ0n) is 20.8. The number of nitrogens with zero attached hydrogens (tertiary/aromatic N) is 3. The normalized spacial score (nSPS) is 15.2. The maximum Gasteiger partial charge on any atom is 0.410 e. The van der Waals surface area contributed by atoms with E-state index in [0.717, 1.165) is 6.07 Å². The Balaban J connectivity index is 1.52. The molecule has 1 aliphatic rings. The number of nitrogens with one attached hydrogen (secondary N) is 1. The molecule has 0 bridgehead atoms. The molecule has 2 heterocycles. The van der Waals surface area contributed by atoms with E-state index in [9.17, 15) is 19.1 Å². The first-order chi connectivity index (χ1) is 16.4. The van der Waals surface area contributed by atoms with Crippen LogP contribution in [0.25, 0.3) is 11.4 Å². The molecule has 1 fully saturated rings. The van der Waals surface area contributed by atoms with Crippen LogP contribution in [-0.4, -0.2) is 69.1 Å². The smallest absolute Gasteiger partial charge is 0.410 e. The summed E-state index contributed by atoms with van der Waals surface area (Å²) in [4.78, 5) is 30.4. The van der Waals surface area contributed by atoms with Crippen LogP contribution in [0.3, 0.4) is 0 Å². The topological polar surface area (TPSA) is 127 Å². The van der Waals surface area contributed by atoms with Gasteiger partial charge in [0.1, 0.15) is 18.0 Å². The SMILES string of the molecule is CC(C)(CO)NC(=O)c1ccc(-c2noc(COC3CCN(C(=O)OC(C)(C)C)CC3)n2)cc1F. The molecule has 0 spiro atoms. The predicted molar refractivity (Wildman–Crippen MR) is 124 cm³/mol. The van der Waals surface area contributed by atoms with E-state index >= 15 is 0 Å². The molecule has 2 amide bonds. The van der Waals surface area contributed by atoms with Crippen molar-refractivity contribution in [1.82, 2.24) is 20.4 Å². The van der Waals surface area contributed by atoms with E-state index in [2.05, 4.69) is 15.5 Å². The largest absolute Gasteiger partial charge is 0.444 e. The molecule has 192 valence electrons. The van der Waals surface area contributed by atoms with Crippen LogP contribution in [0.5, 0.6) is 0 Å². The monoisotopic (exact) mass is 492 g/mol. The van der Waals surface area contributed by atoms with Crippen molar-refractivity contribution in [2.45, 2.75) is 71.3 Å². The molecule has 0 aliphatic carbocycles. The lowest BCUT2D eigenvalue weighted by Crippen LogP contribution is -2.46. The van der Waals surface area contributed by atoms with Gasteiger partial charge in [0.25, 0.3) is 11.8 Å². The number of carbonyl (C=O) groups excluding carboxylic acids is 2. The molecule has 0 atom stereocenters. The fraction of sp³-hybridized carbons (Fsp3) is 0.583. The van der Waals surface area contributed by atoms with Gasteiger partial charge < -0.3 is 29.3 Å². The third-order valence-electron chi connectivity index (χ3n) is 5.32. The van der Waals surface area contributed by atoms with Gasteiger partial charge in [-0.05, 0) is 59.6 Å². The average molecular weight is 493 g/mol. The third-order valence-corrected chi connectivity index (χ3v) is 5.32. The highest BCUT2D eigenvalue weighted by molar-refractivity contribution is 5.95. The highest BCUT2D eigenvalue weighted by Crippen LogP contribution is 2.22. The Kier molecular flexibility index (Phi) is 8.11. The third kappa shape index (κ3) is 7.46. The van der Waals surface area contributed by atoms with Gasteiger partial charge in [0.05, 0.1) is 23.8 Å². The van der Waals surface area contributed by atoms with E-state index in [4.69, 9.17) is 14.0 Å². The highest BCUT2D eigenvalue weighted by Gasteiger charge is 2.28.